The fourth-order valence-corrected chi connectivity index (χ4v) is 6.97. The first-order chi connectivity index (χ1) is 33.1. The number of hydrogen-bond donors (Lipinski definition) is 9. The van der Waals surface area contributed by atoms with E-state index in [-0.39, 0.29) is 57.4 Å². The van der Waals surface area contributed by atoms with Crippen molar-refractivity contribution in [3.63, 3.8) is 0 Å². The highest BCUT2D eigenvalue weighted by atomic mass is 16.5. The highest BCUT2D eigenvalue weighted by Gasteiger charge is 2.26. The normalized spacial score (nSPS) is 11.2. The van der Waals surface area contributed by atoms with Crippen LogP contribution in [0.15, 0.2) is 96.2 Å². The number of rotatable bonds is 16. The standard InChI is InChI=1S/C46H41N11O12/c1-5-57-21-30(35(58)27-12-6-22(2)49-40(27)57)43(63)50-24-9-7-23(8-10-24)41(61)54-34(18-26-20-48-56-55-26)45(65)51-25-11-15-33(47-19-25)44(64)53-32-16-13-28(36(59)38(32)68-3)42(62)52-31-17-14-29(46(66)67)37(60)39(31)69-4/h6-17,19-21,34,59-60H,5,18H2,1-4H3,(H,50,63)(H,51,65)(H,52,62)(H,53,64)(H,54,61)(H,66,67)(H,48,55,56). The number of amides is 5. The minimum Gasteiger partial charge on any atom is -0.504 e. The predicted octanol–water partition coefficient (Wildman–Crippen LogP) is 4.10. The van der Waals surface area contributed by atoms with Gasteiger partial charge in [0.1, 0.15) is 28.5 Å². The maximum absolute atomic E-state index is 13.6. The Labute approximate surface area is 389 Å². The maximum Gasteiger partial charge on any atom is 0.339 e. The van der Waals surface area contributed by atoms with E-state index < -0.39 is 64.0 Å². The molecule has 0 aliphatic rings. The van der Waals surface area contributed by atoms with E-state index in [0.29, 0.717) is 29.0 Å². The smallest absolute Gasteiger partial charge is 0.339 e. The summed E-state index contributed by atoms with van der Waals surface area (Å²) in [6.07, 6.45) is 3.95. The third kappa shape index (κ3) is 10.3. The Hall–Kier alpha value is -9.67. The lowest BCUT2D eigenvalue weighted by Gasteiger charge is -2.18. The first-order valence-electron chi connectivity index (χ1n) is 20.6. The van der Waals surface area contributed by atoms with Crippen molar-refractivity contribution in [1.29, 1.82) is 0 Å². The number of fused-ring (bicyclic) bond motifs is 1. The van der Waals surface area contributed by atoms with Gasteiger partial charge in [-0.05, 0) is 86.6 Å². The topological polar surface area (TPSA) is 331 Å². The molecule has 7 rings (SSSR count). The number of aromatic amines is 1. The van der Waals surface area contributed by atoms with E-state index in [0.717, 1.165) is 18.9 Å². The van der Waals surface area contributed by atoms with E-state index in [4.69, 9.17) is 9.47 Å². The number of phenolic OH excluding ortho intramolecular Hbond substituents is 1. The third-order valence-electron chi connectivity index (χ3n) is 10.5. The maximum atomic E-state index is 13.6. The lowest BCUT2D eigenvalue weighted by molar-refractivity contribution is -0.118. The number of carboxylic acid groups (broad SMARTS) is 1. The number of carbonyl (C=O) groups excluding carboxylic acids is 5. The molecule has 7 aromatic rings. The Balaban J connectivity index is 0.991. The highest BCUT2D eigenvalue weighted by molar-refractivity contribution is 6.10. The van der Waals surface area contributed by atoms with Crippen LogP contribution in [-0.4, -0.2) is 101 Å². The van der Waals surface area contributed by atoms with Crippen LogP contribution in [0.1, 0.15) is 70.2 Å². The molecule has 0 spiro atoms. The van der Waals surface area contributed by atoms with Crippen LogP contribution in [0.2, 0.25) is 0 Å². The second kappa shape index (κ2) is 20.2. The van der Waals surface area contributed by atoms with Crippen LogP contribution >= 0.6 is 0 Å². The van der Waals surface area contributed by atoms with E-state index in [1.165, 1.54) is 80.3 Å². The molecule has 0 aliphatic heterocycles. The number of H-pyrrole nitrogens is 1. The summed E-state index contributed by atoms with van der Waals surface area (Å²) >= 11 is 0. The number of methoxy groups -OCH3 is 2. The van der Waals surface area contributed by atoms with Crippen LogP contribution in [-0.2, 0) is 17.8 Å². The summed E-state index contributed by atoms with van der Waals surface area (Å²) in [6, 6.07) is 15.3. The van der Waals surface area contributed by atoms with Crippen molar-refractivity contribution in [3.05, 3.63) is 141 Å². The number of aromatic nitrogens is 6. The lowest BCUT2D eigenvalue weighted by Crippen LogP contribution is -2.45. The van der Waals surface area contributed by atoms with E-state index in [2.05, 4.69) is 52.0 Å². The molecule has 9 N–H and O–H groups in total. The minimum atomic E-state index is -1.43. The average Bonchev–Trinajstić information content (AvgIpc) is 3.85. The predicted molar refractivity (Wildman–Crippen MR) is 247 cm³/mol. The highest BCUT2D eigenvalue weighted by Crippen LogP contribution is 2.40. The Morgan fingerprint density at radius 2 is 1.36 bits per heavy atom. The van der Waals surface area contributed by atoms with Gasteiger partial charge in [0.05, 0.1) is 60.3 Å². The van der Waals surface area contributed by atoms with E-state index in [9.17, 15) is 48.9 Å². The second-order valence-electron chi connectivity index (χ2n) is 14.9. The molecule has 1 unspecified atom stereocenters. The number of pyridine rings is 3. The largest absolute Gasteiger partial charge is 0.504 e. The van der Waals surface area contributed by atoms with Crippen molar-refractivity contribution in [3.8, 4) is 23.0 Å². The molecule has 0 radical (unpaired) electrons. The van der Waals surface area contributed by atoms with E-state index in [1.54, 1.807) is 23.6 Å². The van der Waals surface area contributed by atoms with Crippen LogP contribution in [0.4, 0.5) is 22.7 Å². The summed E-state index contributed by atoms with van der Waals surface area (Å²) in [5.41, 5.74) is 0.477. The Kier molecular flexibility index (Phi) is 13.9. The van der Waals surface area contributed by atoms with Gasteiger partial charge in [0.2, 0.25) is 11.3 Å². The number of nitrogens with zero attached hydrogens (tertiary/aromatic N) is 5. The van der Waals surface area contributed by atoms with Crippen LogP contribution in [0, 0.1) is 6.92 Å². The Bertz CT molecular complexity index is 3210. The Morgan fingerprint density at radius 1 is 0.725 bits per heavy atom. The lowest BCUT2D eigenvalue weighted by atomic mass is 10.1. The van der Waals surface area contributed by atoms with Gasteiger partial charge in [0, 0.05) is 36.1 Å². The number of phenols is 2. The van der Waals surface area contributed by atoms with Crippen LogP contribution in [0.5, 0.6) is 23.0 Å². The minimum absolute atomic E-state index is 0.0563. The van der Waals surface area contributed by atoms with Gasteiger partial charge >= 0.3 is 5.97 Å². The molecule has 69 heavy (non-hydrogen) atoms. The number of hydrogen-bond acceptors (Lipinski definition) is 15. The quantitative estimate of drug-likeness (QED) is 0.0658. The number of anilines is 4. The molecular weight excluding hydrogens is 899 g/mol. The molecular formula is C46H41N11O12. The number of benzene rings is 3. The zero-order chi connectivity index (χ0) is 49.5. The van der Waals surface area contributed by atoms with Crippen molar-refractivity contribution in [2.45, 2.75) is 32.9 Å². The van der Waals surface area contributed by atoms with Gasteiger partial charge in [-0.3, -0.25) is 28.8 Å². The summed E-state index contributed by atoms with van der Waals surface area (Å²) in [4.78, 5) is 100. The molecule has 0 saturated heterocycles. The molecule has 0 aliphatic carbocycles. The fraction of sp³-hybridized carbons (Fsp3) is 0.152. The zero-order valence-electron chi connectivity index (χ0n) is 36.9. The molecule has 3 aromatic carbocycles. The van der Waals surface area contributed by atoms with Gasteiger partial charge in [-0.15, -0.1) is 0 Å². The SMILES string of the molecule is CCn1cc(C(=O)Nc2ccc(C(=O)NC(Cc3cn[nH]n3)C(=O)Nc3ccc(C(=O)Nc4ccc(C(=O)Nc5ccc(C(=O)O)c(O)c5OC)c(O)c4OC)nc3)cc2)c(=O)c2ccc(C)nc21. The number of carboxylic acids is 1. The summed E-state index contributed by atoms with van der Waals surface area (Å²) in [7, 11) is 2.34. The third-order valence-corrected chi connectivity index (χ3v) is 10.5. The molecule has 4 heterocycles. The van der Waals surface area contributed by atoms with Gasteiger partial charge in [0.15, 0.2) is 23.0 Å². The molecule has 1 atom stereocenters. The van der Waals surface area contributed by atoms with Crippen molar-refractivity contribution in [2.24, 2.45) is 0 Å². The molecule has 0 saturated carbocycles. The zero-order valence-corrected chi connectivity index (χ0v) is 36.9. The summed E-state index contributed by atoms with van der Waals surface area (Å²) in [5, 5.41) is 54.1. The molecule has 4 aromatic heterocycles. The van der Waals surface area contributed by atoms with Gasteiger partial charge in [-0.2, -0.15) is 15.4 Å². The summed E-state index contributed by atoms with van der Waals surface area (Å²) in [5.74, 6) is -7.12. The van der Waals surface area contributed by atoms with Crippen molar-refractivity contribution in [2.75, 3.05) is 35.5 Å². The first kappa shape index (κ1) is 47.3. The molecule has 5 amide bonds. The number of carbonyl (C=O) groups is 6. The molecule has 0 fully saturated rings. The van der Waals surface area contributed by atoms with Crippen LogP contribution < -0.4 is 41.5 Å². The number of aryl methyl sites for hydroxylation is 2. The molecule has 0 bridgehead atoms. The number of nitrogens with one attached hydrogen (secondary N) is 6. The first-order valence-corrected chi connectivity index (χ1v) is 20.6. The summed E-state index contributed by atoms with van der Waals surface area (Å²) in [6.45, 7) is 4.14. The Morgan fingerprint density at radius 3 is 1.97 bits per heavy atom. The number of aromatic carboxylic acids is 1. The van der Waals surface area contributed by atoms with Gasteiger partial charge in [-0.1, -0.05) is 0 Å². The second-order valence-corrected chi connectivity index (χ2v) is 14.9. The monoisotopic (exact) mass is 939 g/mol. The summed E-state index contributed by atoms with van der Waals surface area (Å²) < 4.78 is 12.1. The van der Waals surface area contributed by atoms with E-state index >= 15 is 0 Å². The van der Waals surface area contributed by atoms with Crippen molar-refractivity contribution in [1.82, 2.24) is 35.3 Å². The van der Waals surface area contributed by atoms with Gasteiger partial charge in [-0.25, -0.2) is 14.8 Å². The van der Waals surface area contributed by atoms with Crippen LogP contribution in [0.25, 0.3) is 11.0 Å². The van der Waals surface area contributed by atoms with Crippen molar-refractivity contribution < 1.29 is 53.6 Å². The molecule has 352 valence electrons. The van der Waals surface area contributed by atoms with Gasteiger partial charge < -0.3 is 55.9 Å². The fourth-order valence-electron chi connectivity index (χ4n) is 6.97. The number of aromatic hydroxyl groups is 2. The van der Waals surface area contributed by atoms with Gasteiger partial charge in [0.25, 0.3) is 23.6 Å². The average molecular weight is 940 g/mol. The number of ether oxygens (including phenoxy) is 2. The van der Waals surface area contributed by atoms with E-state index in [1.807, 2.05) is 6.92 Å². The van der Waals surface area contributed by atoms with Crippen molar-refractivity contribution >= 4 is 69.3 Å². The molecule has 23 nitrogen and oxygen atoms in total. The molecule has 23 heteroatoms. The van der Waals surface area contributed by atoms with Crippen LogP contribution in [0.3, 0.4) is 0 Å².